The van der Waals surface area contributed by atoms with Gasteiger partial charge < -0.3 is 9.64 Å². The molecule has 7 heteroatoms. The van der Waals surface area contributed by atoms with E-state index in [1.165, 1.54) is 17.4 Å². The number of rotatable bonds is 6. The number of thiazole rings is 1. The third-order valence-corrected chi connectivity index (χ3v) is 4.93. The van der Waals surface area contributed by atoms with Crippen molar-refractivity contribution < 1.29 is 18.3 Å². The first-order chi connectivity index (χ1) is 13.0. The van der Waals surface area contributed by atoms with E-state index in [2.05, 4.69) is 4.98 Å². The summed E-state index contributed by atoms with van der Waals surface area (Å²) < 4.78 is 31.8. The lowest BCUT2D eigenvalue weighted by Gasteiger charge is -2.11. The first-order valence-corrected chi connectivity index (χ1v) is 9.24. The van der Waals surface area contributed by atoms with Gasteiger partial charge in [-0.2, -0.15) is 0 Å². The summed E-state index contributed by atoms with van der Waals surface area (Å²) in [6.45, 7) is 2.66. The highest BCUT2D eigenvalue weighted by molar-refractivity contribution is 7.13. The fraction of sp³-hybridized carbons (Fsp3) is 0.200. The van der Waals surface area contributed by atoms with Gasteiger partial charge in [-0.05, 0) is 48.9 Å². The Labute approximate surface area is 160 Å². The Hall–Kier alpha value is -2.80. The van der Waals surface area contributed by atoms with E-state index in [-0.39, 0.29) is 12.5 Å². The van der Waals surface area contributed by atoms with Crippen molar-refractivity contribution in [2.45, 2.75) is 13.5 Å². The van der Waals surface area contributed by atoms with Crippen LogP contribution in [-0.2, 0) is 6.61 Å². The summed E-state index contributed by atoms with van der Waals surface area (Å²) in [4.78, 5) is 18.1. The fourth-order valence-corrected chi connectivity index (χ4v) is 3.13. The summed E-state index contributed by atoms with van der Waals surface area (Å²) in [6, 6.07) is 10.9. The number of carbonyl (C=O) groups excluding carboxylic acids is 1. The molecule has 140 valence electrons. The van der Waals surface area contributed by atoms with Crippen molar-refractivity contribution in [3.8, 4) is 16.3 Å². The van der Waals surface area contributed by atoms with E-state index in [1.54, 1.807) is 29.5 Å². The van der Waals surface area contributed by atoms with Crippen molar-refractivity contribution in [1.29, 1.82) is 0 Å². The molecule has 1 heterocycles. The molecule has 0 atom stereocenters. The Balaban J connectivity index is 1.66. The Morgan fingerprint density at radius 3 is 2.56 bits per heavy atom. The molecule has 0 fully saturated rings. The predicted molar refractivity (Wildman–Crippen MR) is 101 cm³/mol. The second-order valence-corrected chi connectivity index (χ2v) is 6.78. The third kappa shape index (κ3) is 4.49. The molecule has 1 aromatic heterocycles. The molecule has 0 saturated heterocycles. The zero-order valence-electron chi connectivity index (χ0n) is 14.9. The molecule has 3 aromatic rings. The minimum absolute atomic E-state index is 0.105. The van der Waals surface area contributed by atoms with Crippen LogP contribution in [0, 0.1) is 11.6 Å². The second-order valence-electron chi connectivity index (χ2n) is 5.92. The molecule has 0 saturated carbocycles. The summed E-state index contributed by atoms with van der Waals surface area (Å²) in [5.41, 5.74) is 1.84. The maximum absolute atomic E-state index is 13.2. The van der Waals surface area contributed by atoms with Crippen molar-refractivity contribution in [2.75, 3.05) is 13.6 Å². The van der Waals surface area contributed by atoms with Gasteiger partial charge >= 0.3 is 0 Å². The molecule has 0 N–H and O–H groups in total. The van der Waals surface area contributed by atoms with Crippen LogP contribution in [0.1, 0.15) is 23.0 Å². The van der Waals surface area contributed by atoms with Crippen LogP contribution in [-0.4, -0.2) is 29.4 Å². The van der Waals surface area contributed by atoms with Crippen molar-refractivity contribution in [1.82, 2.24) is 9.88 Å². The lowest BCUT2D eigenvalue weighted by atomic mass is 10.2. The highest BCUT2D eigenvalue weighted by atomic mass is 32.1. The molecule has 1 amide bonds. The Morgan fingerprint density at radius 2 is 1.89 bits per heavy atom. The van der Waals surface area contributed by atoms with Crippen molar-refractivity contribution in [2.24, 2.45) is 0 Å². The van der Waals surface area contributed by atoms with Crippen molar-refractivity contribution >= 4 is 17.2 Å². The lowest BCUT2D eigenvalue weighted by molar-refractivity contribution is 0.0797. The maximum atomic E-state index is 13.2. The van der Waals surface area contributed by atoms with Gasteiger partial charge in [0.05, 0.1) is 0 Å². The standard InChI is InChI=1S/C20H18F2N2O2S/c1-3-24(2)20(25)18-12-27-19(23-18)14-5-7-15(8-6-14)26-11-13-4-9-16(21)17(22)10-13/h4-10,12H,3,11H2,1-2H3. The minimum Gasteiger partial charge on any atom is -0.489 e. The normalized spacial score (nSPS) is 10.7. The monoisotopic (exact) mass is 388 g/mol. The van der Waals surface area contributed by atoms with Crippen molar-refractivity contribution in [3.63, 3.8) is 0 Å². The van der Waals surface area contributed by atoms with E-state index in [1.807, 2.05) is 19.1 Å². The number of carbonyl (C=O) groups is 1. The molecular weight excluding hydrogens is 370 g/mol. The van der Waals surface area contributed by atoms with Crippen LogP contribution in [0.2, 0.25) is 0 Å². The summed E-state index contributed by atoms with van der Waals surface area (Å²) in [6.07, 6.45) is 0. The molecule has 0 bridgehead atoms. The fourth-order valence-electron chi connectivity index (χ4n) is 2.33. The van der Waals surface area contributed by atoms with Crippen molar-refractivity contribution in [3.05, 3.63) is 70.7 Å². The molecule has 4 nitrogen and oxygen atoms in total. The van der Waals surface area contributed by atoms with Gasteiger partial charge in [-0.1, -0.05) is 6.07 Å². The Kier molecular flexibility index (Phi) is 5.81. The maximum Gasteiger partial charge on any atom is 0.273 e. The Bertz CT molecular complexity index is 941. The molecule has 0 radical (unpaired) electrons. The molecular formula is C20H18F2N2O2S. The molecule has 0 unspecified atom stereocenters. The molecule has 27 heavy (non-hydrogen) atoms. The quantitative estimate of drug-likeness (QED) is 0.611. The van der Waals surface area contributed by atoms with Crippen LogP contribution < -0.4 is 4.74 Å². The molecule has 3 rings (SSSR count). The summed E-state index contributed by atoms with van der Waals surface area (Å²) >= 11 is 1.40. The van der Waals surface area contributed by atoms with E-state index >= 15 is 0 Å². The molecule has 0 aliphatic heterocycles. The average molecular weight is 388 g/mol. The van der Waals surface area contributed by atoms with E-state index in [4.69, 9.17) is 4.74 Å². The largest absolute Gasteiger partial charge is 0.489 e. The van der Waals surface area contributed by atoms with Crippen LogP contribution >= 0.6 is 11.3 Å². The van der Waals surface area contributed by atoms with Gasteiger partial charge in [0.1, 0.15) is 23.1 Å². The number of hydrogen-bond acceptors (Lipinski definition) is 4. The Morgan fingerprint density at radius 1 is 1.15 bits per heavy atom. The number of nitrogens with zero attached hydrogens (tertiary/aromatic N) is 2. The minimum atomic E-state index is -0.894. The van der Waals surface area contributed by atoms with Crippen LogP contribution in [0.4, 0.5) is 8.78 Å². The van der Waals surface area contributed by atoms with Crippen LogP contribution in [0.5, 0.6) is 5.75 Å². The third-order valence-electron chi connectivity index (χ3n) is 4.04. The smallest absolute Gasteiger partial charge is 0.273 e. The zero-order chi connectivity index (χ0) is 19.4. The van der Waals surface area contributed by atoms with Gasteiger partial charge in [-0.25, -0.2) is 13.8 Å². The number of hydrogen-bond donors (Lipinski definition) is 0. The highest BCUT2D eigenvalue weighted by Crippen LogP contribution is 2.26. The van der Waals surface area contributed by atoms with Gasteiger partial charge in [0.2, 0.25) is 0 Å². The number of ether oxygens (including phenoxy) is 1. The van der Waals surface area contributed by atoms with E-state index in [0.29, 0.717) is 23.6 Å². The summed E-state index contributed by atoms with van der Waals surface area (Å²) in [7, 11) is 1.74. The lowest BCUT2D eigenvalue weighted by Crippen LogP contribution is -2.26. The van der Waals surface area contributed by atoms with Gasteiger partial charge in [0.15, 0.2) is 11.6 Å². The highest BCUT2D eigenvalue weighted by Gasteiger charge is 2.15. The van der Waals surface area contributed by atoms with E-state index in [9.17, 15) is 13.6 Å². The number of amides is 1. The van der Waals surface area contributed by atoms with Gasteiger partial charge in [0.25, 0.3) is 5.91 Å². The SMILES string of the molecule is CCN(C)C(=O)c1csc(-c2ccc(OCc3ccc(F)c(F)c3)cc2)n1. The van der Waals surface area contributed by atoms with Crippen LogP contribution in [0.25, 0.3) is 10.6 Å². The van der Waals surface area contributed by atoms with Gasteiger partial charge in [-0.3, -0.25) is 4.79 Å². The number of benzene rings is 2. The second kappa shape index (κ2) is 8.26. The van der Waals surface area contributed by atoms with Crippen LogP contribution in [0.3, 0.4) is 0 Å². The molecule has 0 aliphatic rings. The predicted octanol–water partition coefficient (Wildman–Crippen LogP) is 4.76. The first-order valence-electron chi connectivity index (χ1n) is 8.36. The topological polar surface area (TPSA) is 42.4 Å². The van der Waals surface area contributed by atoms with Gasteiger partial charge in [-0.15, -0.1) is 11.3 Å². The number of aromatic nitrogens is 1. The van der Waals surface area contributed by atoms with E-state index < -0.39 is 11.6 Å². The average Bonchev–Trinajstić information content (AvgIpc) is 3.18. The first kappa shape index (κ1) is 19.0. The van der Waals surface area contributed by atoms with Crippen LogP contribution in [0.15, 0.2) is 47.8 Å². The zero-order valence-corrected chi connectivity index (χ0v) is 15.7. The molecule has 0 aliphatic carbocycles. The summed E-state index contributed by atoms with van der Waals surface area (Å²) in [5.74, 6) is -1.28. The molecule has 2 aromatic carbocycles. The van der Waals surface area contributed by atoms with Gasteiger partial charge in [0, 0.05) is 24.5 Å². The summed E-state index contributed by atoms with van der Waals surface area (Å²) in [5, 5.41) is 2.49. The van der Waals surface area contributed by atoms with E-state index in [0.717, 1.165) is 22.7 Å². The molecule has 0 spiro atoms. The number of halogens is 2.